The van der Waals surface area contributed by atoms with E-state index in [-0.39, 0.29) is 0 Å². The second kappa shape index (κ2) is 5.32. The van der Waals surface area contributed by atoms with E-state index < -0.39 is 0 Å². The molecule has 1 aromatic rings. The Hall–Kier alpha value is -0.610. The number of nitrogens with zero attached hydrogens (tertiary/aromatic N) is 2. The smallest absolute Gasteiger partial charge is 0.187 e. The van der Waals surface area contributed by atoms with E-state index in [1.54, 1.807) is 24.2 Å². The van der Waals surface area contributed by atoms with E-state index in [1.165, 1.54) is 25.9 Å². The van der Waals surface area contributed by atoms with Crippen LogP contribution in [0.25, 0.3) is 0 Å². The molecular weight excluding hydrogens is 194 g/mol. The summed E-state index contributed by atoms with van der Waals surface area (Å²) >= 11 is 1.78. The molecule has 1 aliphatic heterocycles. The third-order valence-electron chi connectivity index (χ3n) is 2.45. The quantitative estimate of drug-likeness (QED) is 0.605. The predicted octanol–water partition coefficient (Wildman–Crippen LogP) is 1.57. The lowest BCUT2D eigenvalue weighted by molar-refractivity contribution is 0.407. The lowest BCUT2D eigenvalue weighted by atomic mass is 10.0. The van der Waals surface area contributed by atoms with E-state index in [9.17, 15) is 0 Å². The Morgan fingerprint density at radius 3 is 2.71 bits per heavy atom. The average molecular weight is 209 g/mol. The number of piperidine rings is 1. The second-order valence-corrected chi connectivity index (χ2v) is 4.52. The van der Waals surface area contributed by atoms with E-state index in [1.807, 2.05) is 6.07 Å². The van der Waals surface area contributed by atoms with Gasteiger partial charge in [-0.05, 0) is 37.9 Å². The van der Waals surface area contributed by atoms with Gasteiger partial charge in [0.15, 0.2) is 5.16 Å². The minimum atomic E-state index is 0.838. The fourth-order valence-corrected chi connectivity index (χ4v) is 2.59. The molecule has 0 unspecified atom stereocenters. The Morgan fingerprint density at radius 1 is 1.29 bits per heavy atom. The van der Waals surface area contributed by atoms with Crippen molar-refractivity contribution in [3.8, 4) is 0 Å². The van der Waals surface area contributed by atoms with Crippen LogP contribution in [0.15, 0.2) is 23.6 Å². The zero-order valence-corrected chi connectivity index (χ0v) is 8.96. The van der Waals surface area contributed by atoms with Gasteiger partial charge in [-0.1, -0.05) is 11.8 Å². The molecule has 0 atom stereocenters. The fourth-order valence-electron chi connectivity index (χ4n) is 1.60. The van der Waals surface area contributed by atoms with Crippen molar-refractivity contribution in [2.45, 2.75) is 18.0 Å². The molecule has 2 rings (SSSR count). The van der Waals surface area contributed by atoms with E-state index in [0.717, 1.165) is 16.8 Å². The second-order valence-electron chi connectivity index (χ2n) is 3.54. The first-order valence-corrected chi connectivity index (χ1v) is 6.04. The van der Waals surface area contributed by atoms with Crippen molar-refractivity contribution in [3.05, 3.63) is 18.5 Å². The maximum absolute atomic E-state index is 4.20. The van der Waals surface area contributed by atoms with Crippen molar-refractivity contribution in [1.29, 1.82) is 0 Å². The minimum absolute atomic E-state index is 0.838. The molecule has 2 heterocycles. The summed E-state index contributed by atoms with van der Waals surface area (Å²) < 4.78 is 0. The van der Waals surface area contributed by atoms with Crippen LogP contribution in [-0.2, 0) is 0 Å². The number of hydrogen-bond donors (Lipinski definition) is 1. The number of aromatic nitrogens is 2. The summed E-state index contributed by atoms with van der Waals surface area (Å²) in [5.41, 5.74) is 0. The lowest BCUT2D eigenvalue weighted by Gasteiger charge is -2.21. The van der Waals surface area contributed by atoms with Gasteiger partial charge in [0.05, 0.1) is 0 Å². The third-order valence-corrected chi connectivity index (χ3v) is 3.56. The summed E-state index contributed by atoms with van der Waals surface area (Å²) in [6.45, 7) is 2.34. The predicted molar refractivity (Wildman–Crippen MR) is 58.3 cm³/mol. The fraction of sp³-hybridized carbons (Fsp3) is 0.600. The molecule has 14 heavy (non-hydrogen) atoms. The highest BCUT2D eigenvalue weighted by atomic mass is 32.2. The van der Waals surface area contributed by atoms with E-state index in [0.29, 0.717) is 0 Å². The molecule has 1 aromatic heterocycles. The van der Waals surface area contributed by atoms with Gasteiger partial charge in [-0.15, -0.1) is 0 Å². The molecule has 0 spiro atoms. The molecule has 1 aliphatic rings. The summed E-state index contributed by atoms with van der Waals surface area (Å²) in [5, 5.41) is 4.28. The number of rotatable bonds is 3. The molecule has 1 N–H and O–H groups in total. The first-order chi connectivity index (χ1) is 6.95. The zero-order chi connectivity index (χ0) is 9.64. The van der Waals surface area contributed by atoms with Crippen LogP contribution in [0.3, 0.4) is 0 Å². The molecule has 0 aliphatic carbocycles. The molecule has 0 aromatic carbocycles. The summed E-state index contributed by atoms with van der Waals surface area (Å²) in [6.07, 6.45) is 6.19. The summed E-state index contributed by atoms with van der Waals surface area (Å²) in [6, 6.07) is 1.86. The largest absolute Gasteiger partial charge is 0.317 e. The minimum Gasteiger partial charge on any atom is -0.317 e. The van der Waals surface area contributed by atoms with Crippen LogP contribution in [0.2, 0.25) is 0 Å². The van der Waals surface area contributed by atoms with Gasteiger partial charge >= 0.3 is 0 Å². The molecule has 1 saturated heterocycles. The highest BCUT2D eigenvalue weighted by Crippen LogP contribution is 2.21. The van der Waals surface area contributed by atoms with Crippen molar-refractivity contribution in [2.75, 3.05) is 18.8 Å². The Balaban J connectivity index is 1.76. The Morgan fingerprint density at radius 2 is 2.00 bits per heavy atom. The van der Waals surface area contributed by atoms with Crippen LogP contribution in [0.1, 0.15) is 12.8 Å². The molecular formula is C10H15N3S. The van der Waals surface area contributed by atoms with Crippen LogP contribution in [0.4, 0.5) is 0 Å². The van der Waals surface area contributed by atoms with Gasteiger partial charge in [0.2, 0.25) is 0 Å². The van der Waals surface area contributed by atoms with Crippen molar-refractivity contribution >= 4 is 11.8 Å². The van der Waals surface area contributed by atoms with Gasteiger partial charge in [-0.3, -0.25) is 0 Å². The van der Waals surface area contributed by atoms with E-state index in [2.05, 4.69) is 15.3 Å². The molecule has 4 heteroatoms. The third kappa shape index (κ3) is 2.96. The van der Waals surface area contributed by atoms with Gasteiger partial charge in [-0.2, -0.15) is 0 Å². The van der Waals surface area contributed by atoms with Crippen molar-refractivity contribution in [1.82, 2.24) is 15.3 Å². The van der Waals surface area contributed by atoms with Crippen molar-refractivity contribution in [3.63, 3.8) is 0 Å². The van der Waals surface area contributed by atoms with Gasteiger partial charge < -0.3 is 5.32 Å². The van der Waals surface area contributed by atoms with Crippen molar-refractivity contribution < 1.29 is 0 Å². The number of hydrogen-bond acceptors (Lipinski definition) is 4. The highest BCUT2D eigenvalue weighted by molar-refractivity contribution is 7.99. The monoisotopic (exact) mass is 209 g/mol. The maximum Gasteiger partial charge on any atom is 0.187 e. The van der Waals surface area contributed by atoms with Crippen LogP contribution in [0.5, 0.6) is 0 Å². The zero-order valence-electron chi connectivity index (χ0n) is 8.15. The Labute approximate surface area is 88.7 Å². The Bertz CT molecular complexity index is 259. The molecule has 76 valence electrons. The molecule has 3 nitrogen and oxygen atoms in total. The highest BCUT2D eigenvalue weighted by Gasteiger charge is 2.13. The maximum atomic E-state index is 4.20. The summed E-state index contributed by atoms with van der Waals surface area (Å²) in [7, 11) is 0. The number of nitrogens with one attached hydrogen (secondary N) is 1. The van der Waals surface area contributed by atoms with Crippen molar-refractivity contribution in [2.24, 2.45) is 5.92 Å². The normalized spacial score (nSPS) is 18.3. The van der Waals surface area contributed by atoms with Gasteiger partial charge in [0.1, 0.15) is 0 Å². The topological polar surface area (TPSA) is 37.8 Å². The van der Waals surface area contributed by atoms with Gasteiger partial charge in [0.25, 0.3) is 0 Å². The molecule has 0 saturated carbocycles. The van der Waals surface area contributed by atoms with E-state index >= 15 is 0 Å². The lowest BCUT2D eigenvalue weighted by Crippen LogP contribution is -2.28. The van der Waals surface area contributed by atoms with E-state index in [4.69, 9.17) is 0 Å². The molecule has 1 fully saturated rings. The van der Waals surface area contributed by atoms with Crippen LogP contribution in [-0.4, -0.2) is 28.8 Å². The van der Waals surface area contributed by atoms with Crippen LogP contribution >= 0.6 is 11.8 Å². The standard InChI is InChI=1S/C10H15N3S/c1-4-12-10(13-5-1)14-8-9-2-6-11-7-3-9/h1,4-5,9,11H,2-3,6-8H2. The first-order valence-electron chi connectivity index (χ1n) is 5.05. The first kappa shape index (κ1) is 9.93. The van der Waals surface area contributed by atoms with Crippen LogP contribution < -0.4 is 5.32 Å². The van der Waals surface area contributed by atoms with Gasteiger partial charge in [0, 0.05) is 18.1 Å². The summed E-state index contributed by atoms with van der Waals surface area (Å²) in [4.78, 5) is 8.40. The SMILES string of the molecule is c1cnc(SCC2CCNCC2)nc1. The average Bonchev–Trinajstić information content (AvgIpc) is 2.29. The van der Waals surface area contributed by atoms with Gasteiger partial charge in [-0.25, -0.2) is 9.97 Å². The molecule has 0 amide bonds. The summed E-state index contributed by atoms with van der Waals surface area (Å²) in [5.74, 6) is 2.00. The molecule has 0 bridgehead atoms. The Kier molecular flexibility index (Phi) is 3.77. The molecule has 0 radical (unpaired) electrons. The number of thioether (sulfide) groups is 1. The van der Waals surface area contributed by atoms with Crippen LogP contribution in [0, 0.1) is 5.92 Å².